The molecule has 0 aliphatic heterocycles. The Morgan fingerprint density at radius 3 is 2.22 bits per heavy atom. The molecule has 1 aliphatic carbocycles. The Kier molecular flexibility index (Phi) is 4.69. The highest BCUT2D eigenvalue weighted by Crippen LogP contribution is 2.44. The van der Waals surface area contributed by atoms with E-state index in [2.05, 4.69) is 10.6 Å². The first-order chi connectivity index (χ1) is 8.35. The van der Waals surface area contributed by atoms with Crippen LogP contribution in [-0.4, -0.2) is 35.5 Å². The van der Waals surface area contributed by atoms with E-state index in [1.165, 1.54) is 0 Å². The van der Waals surface area contributed by atoms with Gasteiger partial charge in [0.1, 0.15) is 0 Å². The molecule has 0 radical (unpaired) electrons. The molecule has 0 aromatic rings. The highest BCUT2D eigenvalue weighted by atomic mass is 16.4. The monoisotopic (exact) mass is 256 g/mol. The Bertz CT molecular complexity index is 348. The number of amides is 2. The fourth-order valence-corrected chi connectivity index (χ4v) is 1.99. The quantitative estimate of drug-likeness (QED) is 0.635. The van der Waals surface area contributed by atoms with E-state index in [4.69, 9.17) is 5.11 Å². The summed E-state index contributed by atoms with van der Waals surface area (Å²) in [7, 11) is 0. The minimum Gasteiger partial charge on any atom is -0.481 e. The molecule has 6 heteroatoms. The summed E-state index contributed by atoms with van der Waals surface area (Å²) in [5, 5.41) is 14.2. The van der Waals surface area contributed by atoms with Crippen molar-refractivity contribution in [3.63, 3.8) is 0 Å². The molecule has 1 saturated carbocycles. The molecule has 0 saturated heterocycles. The summed E-state index contributed by atoms with van der Waals surface area (Å²) in [6, 6.07) is 0.0198. The molecule has 102 valence electrons. The van der Waals surface area contributed by atoms with E-state index in [0.717, 1.165) is 6.42 Å². The fourth-order valence-electron chi connectivity index (χ4n) is 1.99. The van der Waals surface area contributed by atoms with Crippen molar-refractivity contribution < 1.29 is 19.5 Å². The summed E-state index contributed by atoms with van der Waals surface area (Å²) >= 11 is 0. The zero-order chi connectivity index (χ0) is 13.8. The van der Waals surface area contributed by atoms with E-state index >= 15 is 0 Å². The number of carboxylic acid groups (broad SMARTS) is 1. The second kappa shape index (κ2) is 5.84. The number of hydrogen-bond donors (Lipinski definition) is 3. The maximum atomic E-state index is 11.6. The van der Waals surface area contributed by atoms with Crippen LogP contribution in [0, 0.1) is 5.41 Å². The van der Waals surface area contributed by atoms with E-state index in [0.29, 0.717) is 12.8 Å². The molecule has 3 N–H and O–H groups in total. The number of aliphatic carboxylic acids is 1. The molecule has 0 bridgehead atoms. The summed E-state index contributed by atoms with van der Waals surface area (Å²) in [4.78, 5) is 34.0. The van der Waals surface area contributed by atoms with Gasteiger partial charge in [-0.3, -0.25) is 14.4 Å². The van der Waals surface area contributed by atoms with Crippen LogP contribution in [0.1, 0.15) is 39.5 Å². The lowest BCUT2D eigenvalue weighted by Gasteiger charge is -2.36. The number of rotatable bonds is 6. The van der Waals surface area contributed by atoms with Gasteiger partial charge in [-0.15, -0.1) is 0 Å². The number of hydrogen-bond acceptors (Lipinski definition) is 3. The van der Waals surface area contributed by atoms with Crippen molar-refractivity contribution in [1.82, 2.24) is 10.6 Å². The van der Waals surface area contributed by atoms with Crippen molar-refractivity contribution in [2.45, 2.75) is 45.6 Å². The van der Waals surface area contributed by atoms with Crippen LogP contribution in [0.15, 0.2) is 0 Å². The molecule has 0 atom stereocenters. The van der Waals surface area contributed by atoms with Gasteiger partial charge < -0.3 is 15.7 Å². The molecule has 0 heterocycles. The van der Waals surface area contributed by atoms with Crippen molar-refractivity contribution in [3.8, 4) is 0 Å². The molecule has 2 amide bonds. The maximum Gasteiger partial charge on any atom is 0.310 e. The molecule has 0 unspecified atom stereocenters. The van der Waals surface area contributed by atoms with Crippen molar-refractivity contribution in [2.75, 3.05) is 6.54 Å². The van der Waals surface area contributed by atoms with E-state index in [-0.39, 0.29) is 30.8 Å². The second-order valence-corrected chi connectivity index (χ2v) is 5.11. The first-order valence-electron chi connectivity index (χ1n) is 6.15. The van der Waals surface area contributed by atoms with Gasteiger partial charge in [-0.2, -0.15) is 0 Å². The number of nitrogens with one attached hydrogen (secondary N) is 2. The molecule has 1 aliphatic rings. The standard InChI is InChI=1S/C12H20N2O4/c1-8(2)14-10(16)7-13-9(15)6-12(11(17)18)4-3-5-12/h8H,3-7H2,1-2H3,(H,13,15)(H,14,16)(H,17,18). The Balaban J connectivity index is 2.33. The van der Waals surface area contributed by atoms with Gasteiger partial charge in [0.05, 0.1) is 12.0 Å². The average Bonchev–Trinajstić information content (AvgIpc) is 2.19. The highest BCUT2D eigenvalue weighted by Gasteiger charge is 2.45. The maximum absolute atomic E-state index is 11.6. The Hall–Kier alpha value is -1.59. The minimum absolute atomic E-state index is 0.0198. The Morgan fingerprint density at radius 2 is 1.83 bits per heavy atom. The topological polar surface area (TPSA) is 95.5 Å². The largest absolute Gasteiger partial charge is 0.481 e. The van der Waals surface area contributed by atoms with Gasteiger partial charge in [0, 0.05) is 12.5 Å². The van der Waals surface area contributed by atoms with Gasteiger partial charge >= 0.3 is 5.97 Å². The van der Waals surface area contributed by atoms with Gasteiger partial charge in [-0.05, 0) is 26.7 Å². The second-order valence-electron chi connectivity index (χ2n) is 5.11. The third-order valence-electron chi connectivity index (χ3n) is 3.16. The third kappa shape index (κ3) is 3.72. The van der Waals surface area contributed by atoms with Crippen molar-refractivity contribution in [1.29, 1.82) is 0 Å². The predicted octanol–water partition coefficient (Wildman–Crippen LogP) is 0.272. The van der Waals surface area contributed by atoms with Crippen LogP contribution in [0.4, 0.5) is 0 Å². The van der Waals surface area contributed by atoms with E-state index < -0.39 is 11.4 Å². The zero-order valence-corrected chi connectivity index (χ0v) is 10.8. The summed E-state index contributed by atoms with van der Waals surface area (Å²) in [6.45, 7) is 3.55. The normalized spacial score (nSPS) is 16.8. The van der Waals surface area contributed by atoms with Gasteiger partial charge in [0.25, 0.3) is 0 Å². The SMILES string of the molecule is CC(C)NC(=O)CNC(=O)CC1(C(=O)O)CCC1. The van der Waals surface area contributed by atoms with Crippen LogP contribution < -0.4 is 10.6 Å². The third-order valence-corrected chi connectivity index (χ3v) is 3.16. The van der Waals surface area contributed by atoms with Gasteiger partial charge in [0.2, 0.25) is 11.8 Å². The number of carbonyl (C=O) groups excluding carboxylic acids is 2. The first kappa shape index (κ1) is 14.5. The molecule has 0 aromatic carbocycles. The molecular formula is C12H20N2O4. The molecule has 0 aromatic heterocycles. The lowest BCUT2D eigenvalue weighted by molar-refractivity contribution is -0.157. The number of carbonyl (C=O) groups is 3. The first-order valence-corrected chi connectivity index (χ1v) is 6.15. The summed E-state index contributed by atoms with van der Waals surface area (Å²) in [5.41, 5.74) is -0.904. The Morgan fingerprint density at radius 1 is 1.22 bits per heavy atom. The molecule has 1 rings (SSSR count). The Labute approximate surface area is 106 Å². The van der Waals surface area contributed by atoms with E-state index in [1.807, 2.05) is 13.8 Å². The van der Waals surface area contributed by atoms with Crippen LogP contribution >= 0.6 is 0 Å². The number of carboxylic acids is 1. The van der Waals surface area contributed by atoms with Crippen LogP contribution in [0.2, 0.25) is 0 Å². The van der Waals surface area contributed by atoms with Gasteiger partial charge in [-0.25, -0.2) is 0 Å². The van der Waals surface area contributed by atoms with Crippen molar-refractivity contribution >= 4 is 17.8 Å². The lowest BCUT2D eigenvalue weighted by atomic mass is 9.66. The molecule has 6 nitrogen and oxygen atoms in total. The minimum atomic E-state index is -0.921. The average molecular weight is 256 g/mol. The van der Waals surface area contributed by atoms with Crippen LogP contribution in [0.5, 0.6) is 0 Å². The van der Waals surface area contributed by atoms with Gasteiger partial charge in [-0.1, -0.05) is 6.42 Å². The highest BCUT2D eigenvalue weighted by molar-refractivity contribution is 5.88. The van der Waals surface area contributed by atoms with Crippen LogP contribution in [0.3, 0.4) is 0 Å². The van der Waals surface area contributed by atoms with Gasteiger partial charge in [0.15, 0.2) is 0 Å². The summed E-state index contributed by atoms with van der Waals surface area (Å²) in [6.07, 6.45) is 1.87. The predicted molar refractivity (Wildman–Crippen MR) is 64.8 cm³/mol. The summed E-state index contributed by atoms with van der Waals surface area (Å²) in [5.74, 6) is -1.57. The van der Waals surface area contributed by atoms with Crippen molar-refractivity contribution in [2.24, 2.45) is 5.41 Å². The van der Waals surface area contributed by atoms with E-state index in [1.54, 1.807) is 0 Å². The van der Waals surface area contributed by atoms with Crippen LogP contribution in [0.25, 0.3) is 0 Å². The molecular weight excluding hydrogens is 236 g/mol. The van der Waals surface area contributed by atoms with E-state index in [9.17, 15) is 14.4 Å². The van der Waals surface area contributed by atoms with Crippen LogP contribution in [-0.2, 0) is 14.4 Å². The van der Waals surface area contributed by atoms with Crippen molar-refractivity contribution in [3.05, 3.63) is 0 Å². The zero-order valence-electron chi connectivity index (χ0n) is 10.8. The smallest absolute Gasteiger partial charge is 0.310 e. The summed E-state index contributed by atoms with van der Waals surface area (Å²) < 4.78 is 0. The molecule has 1 fully saturated rings. The molecule has 18 heavy (non-hydrogen) atoms. The lowest BCUT2D eigenvalue weighted by Crippen LogP contribution is -2.45. The molecule has 0 spiro atoms. The fraction of sp³-hybridized carbons (Fsp3) is 0.750.